The quantitative estimate of drug-likeness (QED) is 0.529. The van der Waals surface area contributed by atoms with Crippen molar-refractivity contribution in [1.29, 1.82) is 0 Å². The van der Waals surface area contributed by atoms with Crippen molar-refractivity contribution in [2.45, 2.75) is 6.92 Å². The van der Waals surface area contributed by atoms with E-state index < -0.39 is 5.97 Å². The molecule has 0 N–H and O–H groups in total. The average molecular weight is 315 g/mol. The Labute approximate surface area is 130 Å². The summed E-state index contributed by atoms with van der Waals surface area (Å²) in [5.74, 6) is -0.0955. The first-order valence-corrected chi connectivity index (χ1v) is 6.92. The van der Waals surface area contributed by atoms with E-state index in [4.69, 9.17) is 20.8 Å². The van der Waals surface area contributed by atoms with Crippen molar-refractivity contribution >= 4 is 28.5 Å². The predicted octanol–water partition coefficient (Wildman–Crippen LogP) is 4.04. The molecule has 0 bridgehead atoms. The summed E-state index contributed by atoms with van der Waals surface area (Å²) < 4.78 is 10.5. The van der Waals surface area contributed by atoms with Crippen molar-refractivity contribution < 1.29 is 13.9 Å². The van der Waals surface area contributed by atoms with Crippen molar-refractivity contribution in [3.63, 3.8) is 0 Å². The highest BCUT2D eigenvalue weighted by Gasteiger charge is 2.10. The van der Waals surface area contributed by atoms with Gasteiger partial charge in [-0.05, 0) is 29.8 Å². The van der Waals surface area contributed by atoms with Crippen molar-refractivity contribution in [2.24, 2.45) is 0 Å². The molecule has 1 aromatic heterocycles. The molecule has 0 fully saturated rings. The third-order valence-electron chi connectivity index (χ3n) is 3.16. The molecule has 0 aliphatic heterocycles. The van der Waals surface area contributed by atoms with Crippen LogP contribution in [0, 0.1) is 0 Å². The molecule has 0 amide bonds. The van der Waals surface area contributed by atoms with E-state index in [9.17, 15) is 9.59 Å². The molecule has 22 heavy (non-hydrogen) atoms. The van der Waals surface area contributed by atoms with Gasteiger partial charge in [0.1, 0.15) is 17.6 Å². The molecule has 0 atom stereocenters. The topological polar surface area (TPSA) is 56.5 Å². The summed E-state index contributed by atoms with van der Waals surface area (Å²) >= 11 is 5.85. The van der Waals surface area contributed by atoms with Crippen molar-refractivity contribution in [2.75, 3.05) is 0 Å². The van der Waals surface area contributed by atoms with Gasteiger partial charge in [0.05, 0.1) is 10.9 Å². The molecule has 0 saturated heterocycles. The first-order chi connectivity index (χ1) is 10.5. The van der Waals surface area contributed by atoms with Crippen LogP contribution in [0.1, 0.15) is 6.92 Å². The summed E-state index contributed by atoms with van der Waals surface area (Å²) in [7, 11) is 0. The smallest absolute Gasteiger partial charge is 0.308 e. The molecular weight excluding hydrogens is 304 g/mol. The van der Waals surface area contributed by atoms with E-state index in [1.807, 2.05) is 0 Å². The van der Waals surface area contributed by atoms with E-state index in [1.54, 1.807) is 36.4 Å². The number of fused-ring (bicyclic) bond motifs is 1. The standard InChI is InChI=1S/C17H11ClO4/c1-10(19)22-13-6-7-14-16(8-13)21-9-15(17(14)20)11-2-4-12(18)5-3-11/h2-9H,1H3. The van der Waals surface area contributed by atoms with E-state index in [0.29, 0.717) is 27.3 Å². The number of esters is 1. The van der Waals surface area contributed by atoms with Crippen LogP contribution < -0.4 is 10.2 Å². The van der Waals surface area contributed by atoms with Crippen molar-refractivity contribution in [3.8, 4) is 16.9 Å². The number of carbonyl (C=O) groups excluding carboxylic acids is 1. The molecule has 110 valence electrons. The fraction of sp³-hybridized carbons (Fsp3) is 0.0588. The second-order valence-corrected chi connectivity index (χ2v) is 5.17. The van der Waals surface area contributed by atoms with Gasteiger partial charge in [0.15, 0.2) is 5.43 Å². The summed E-state index contributed by atoms with van der Waals surface area (Å²) in [6.07, 6.45) is 1.39. The monoisotopic (exact) mass is 314 g/mol. The first-order valence-electron chi connectivity index (χ1n) is 6.54. The van der Waals surface area contributed by atoms with Gasteiger partial charge in [-0.3, -0.25) is 9.59 Å². The van der Waals surface area contributed by atoms with Gasteiger partial charge in [-0.25, -0.2) is 0 Å². The molecule has 5 heteroatoms. The number of benzene rings is 2. The molecule has 0 spiro atoms. The van der Waals surface area contributed by atoms with Crippen LogP contribution >= 0.6 is 11.6 Å². The van der Waals surface area contributed by atoms with Gasteiger partial charge in [-0.1, -0.05) is 23.7 Å². The largest absolute Gasteiger partial charge is 0.463 e. The SMILES string of the molecule is CC(=O)Oc1ccc2c(=O)c(-c3ccc(Cl)cc3)coc2c1. The van der Waals surface area contributed by atoms with Crippen molar-refractivity contribution in [3.05, 3.63) is 64.0 Å². The minimum absolute atomic E-state index is 0.155. The van der Waals surface area contributed by atoms with E-state index in [2.05, 4.69) is 0 Å². The maximum Gasteiger partial charge on any atom is 0.308 e. The molecule has 0 saturated carbocycles. The maximum absolute atomic E-state index is 12.5. The lowest BCUT2D eigenvalue weighted by Gasteiger charge is -2.05. The lowest BCUT2D eigenvalue weighted by atomic mass is 10.1. The van der Waals surface area contributed by atoms with E-state index in [-0.39, 0.29) is 5.43 Å². The van der Waals surface area contributed by atoms with Gasteiger partial charge in [-0.15, -0.1) is 0 Å². The molecule has 3 aromatic rings. The Balaban J connectivity index is 2.12. The zero-order valence-corrected chi connectivity index (χ0v) is 12.4. The number of ether oxygens (including phenoxy) is 1. The van der Waals surface area contributed by atoms with Gasteiger partial charge >= 0.3 is 5.97 Å². The van der Waals surface area contributed by atoms with Crippen LogP contribution in [0.25, 0.3) is 22.1 Å². The van der Waals surface area contributed by atoms with Crippen molar-refractivity contribution in [1.82, 2.24) is 0 Å². The molecular formula is C17H11ClO4. The average Bonchev–Trinajstić information content (AvgIpc) is 2.48. The molecule has 1 heterocycles. The van der Waals surface area contributed by atoms with Crippen LogP contribution in [0.5, 0.6) is 5.75 Å². The van der Waals surface area contributed by atoms with Crippen LogP contribution in [-0.4, -0.2) is 5.97 Å². The molecule has 0 unspecified atom stereocenters. The van der Waals surface area contributed by atoms with Gasteiger partial charge in [0, 0.05) is 18.0 Å². The van der Waals surface area contributed by atoms with E-state index in [1.165, 1.54) is 19.3 Å². The lowest BCUT2D eigenvalue weighted by molar-refractivity contribution is -0.131. The van der Waals surface area contributed by atoms with Crippen LogP contribution in [0.2, 0.25) is 5.02 Å². The highest BCUT2D eigenvalue weighted by molar-refractivity contribution is 6.30. The normalized spacial score (nSPS) is 10.6. The van der Waals surface area contributed by atoms with Crippen LogP contribution in [0.15, 0.2) is 57.9 Å². The van der Waals surface area contributed by atoms with E-state index >= 15 is 0 Å². The van der Waals surface area contributed by atoms with Gasteiger partial charge < -0.3 is 9.15 Å². The molecule has 2 aromatic carbocycles. The minimum atomic E-state index is -0.431. The third-order valence-corrected chi connectivity index (χ3v) is 3.41. The van der Waals surface area contributed by atoms with Crippen LogP contribution in [0.4, 0.5) is 0 Å². The summed E-state index contributed by atoms with van der Waals surface area (Å²) in [6.45, 7) is 1.31. The number of hydrogen-bond acceptors (Lipinski definition) is 4. The Morgan fingerprint density at radius 3 is 2.55 bits per heavy atom. The lowest BCUT2D eigenvalue weighted by Crippen LogP contribution is -2.06. The number of rotatable bonds is 2. The second-order valence-electron chi connectivity index (χ2n) is 4.74. The fourth-order valence-electron chi connectivity index (χ4n) is 2.17. The fourth-order valence-corrected chi connectivity index (χ4v) is 2.29. The first kappa shape index (κ1) is 14.4. The molecule has 0 radical (unpaired) electrons. The highest BCUT2D eigenvalue weighted by atomic mass is 35.5. The summed E-state index contributed by atoms with van der Waals surface area (Å²) in [4.78, 5) is 23.5. The maximum atomic E-state index is 12.5. The Hall–Kier alpha value is -2.59. The molecule has 0 aliphatic rings. The molecule has 0 aliphatic carbocycles. The van der Waals surface area contributed by atoms with Gasteiger partial charge in [-0.2, -0.15) is 0 Å². The summed E-state index contributed by atoms with van der Waals surface area (Å²) in [5, 5.41) is 1.02. The Morgan fingerprint density at radius 2 is 1.86 bits per heavy atom. The second kappa shape index (κ2) is 5.66. The third kappa shape index (κ3) is 2.73. The predicted molar refractivity (Wildman–Crippen MR) is 84.2 cm³/mol. The van der Waals surface area contributed by atoms with Gasteiger partial charge in [0.2, 0.25) is 0 Å². The number of halogens is 1. The van der Waals surface area contributed by atoms with Crippen LogP contribution in [0.3, 0.4) is 0 Å². The highest BCUT2D eigenvalue weighted by Crippen LogP contribution is 2.24. The Kier molecular flexibility index (Phi) is 3.69. The van der Waals surface area contributed by atoms with E-state index in [0.717, 1.165) is 5.56 Å². The summed E-state index contributed by atoms with van der Waals surface area (Å²) in [6, 6.07) is 11.6. The van der Waals surface area contributed by atoms with Crippen LogP contribution in [-0.2, 0) is 4.79 Å². The minimum Gasteiger partial charge on any atom is -0.463 e. The zero-order valence-electron chi connectivity index (χ0n) is 11.6. The summed E-state index contributed by atoms with van der Waals surface area (Å²) in [5.41, 5.74) is 1.38. The molecule has 4 nitrogen and oxygen atoms in total. The van der Waals surface area contributed by atoms with Gasteiger partial charge in [0.25, 0.3) is 0 Å². The zero-order chi connectivity index (χ0) is 15.7. The molecule has 3 rings (SSSR count). The Bertz CT molecular complexity index is 910. The number of hydrogen-bond donors (Lipinski definition) is 0. The Morgan fingerprint density at radius 1 is 1.14 bits per heavy atom. The number of carbonyl (C=O) groups is 1.